The van der Waals surface area contributed by atoms with Crippen LogP contribution in [0.15, 0.2) is 30.5 Å². The lowest BCUT2D eigenvalue weighted by Crippen LogP contribution is -2.43. The minimum Gasteiger partial charge on any atom is -0.468 e. The summed E-state index contributed by atoms with van der Waals surface area (Å²) in [6.07, 6.45) is 5.99. The molecule has 11 heteroatoms. The SMILES string of the molecule is COCOc1cc(-c2ncc3c(N4CC5CCC(C5)C4)nc(OC4CCNC4)nc3c2F)c2c(C#C[Si](C(C)C)(C(C)C)C(C)C)c(F)ccc2c1. The van der Waals surface area contributed by atoms with E-state index < -0.39 is 19.7 Å². The quantitative estimate of drug-likeness (QED) is 0.0988. The van der Waals surface area contributed by atoms with Crippen LogP contribution in [0.5, 0.6) is 11.8 Å². The number of ether oxygens (including phenoxy) is 3. The van der Waals surface area contributed by atoms with Gasteiger partial charge in [0, 0.05) is 43.9 Å². The molecule has 3 atom stereocenters. The Bertz CT molecular complexity index is 1990. The molecule has 52 heavy (non-hydrogen) atoms. The summed E-state index contributed by atoms with van der Waals surface area (Å²) in [4.78, 5) is 16.6. The Balaban J connectivity index is 1.45. The van der Waals surface area contributed by atoms with E-state index in [4.69, 9.17) is 29.2 Å². The molecule has 4 aromatic rings. The van der Waals surface area contributed by atoms with Gasteiger partial charge in [-0.15, -0.1) is 5.54 Å². The van der Waals surface area contributed by atoms with Gasteiger partial charge in [0.25, 0.3) is 0 Å². The van der Waals surface area contributed by atoms with Crippen LogP contribution >= 0.6 is 0 Å². The number of pyridine rings is 1. The van der Waals surface area contributed by atoms with Crippen LogP contribution in [-0.2, 0) is 4.74 Å². The van der Waals surface area contributed by atoms with Crippen LogP contribution in [0.4, 0.5) is 14.6 Å². The zero-order valence-electron chi connectivity index (χ0n) is 31.5. The Kier molecular flexibility index (Phi) is 10.4. The third kappa shape index (κ3) is 6.74. The fourth-order valence-corrected chi connectivity index (χ4v) is 14.5. The summed E-state index contributed by atoms with van der Waals surface area (Å²) in [5.41, 5.74) is 5.51. The van der Waals surface area contributed by atoms with Crippen LogP contribution in [0.1, 0.15) is 72.8 Å². The fourth-order valence-electron chi connectivity index (χ4n) is 9.30. The summed E-state index contributed by atoms with van der Waals surface area (Å²) < 4.78 is 50.9. The summed E-state index contributed by atoms with van der Waals surface area (Å²) in [5, 5.41) is 4.99. The van der Waals surface area contributed by atoms with Gasteiger partial charge >= 0.3 is 6.01 Å². The molecule has 2 saturated heterocycles. The van der Waals surface area contributed by atoms with E-state index in [1.54, 1.807) is 18.3 Å². The number of piperidine rings is 1. The first-order valence-electron chi connectivity index (χ1n) is 18.9. The number of benzene rings is 2. The fraction of sp³-hybridized carbons (Fsp3) is 0.537. The van der Waals surface area contributed by atoms with Crippen LogP contribution in [-0.4, -0.2) is 69.2 Å². The van der Waals surface area contributed by atoms with Gasteiger partial charge in [-0.1, -0.05) is 53.5 Å². The summed E-state index contributed by atoms with van der Waals surface area (Å²) in [6, 6.07) is 6.78. The van der Waals surface area contributed by atoms with Gasteiger partial charge in [-0.05, 0) is 84.3 Å². The largest absolute Gasteiger partial charge is 0.468 e. The summed E-state index contributed by atoms with van der Waals surface area (Å²) in [7, 11) is -0.704. The number of halogens is 2. The van der Waals surface area contributed by atoms with Gasteiger partial charge in [0.2, 0.25) is 0 Å². The highest BCUT2D eigenvalue weighted by Gasteiger charge is 2.42. The summed E-state index contributed by atoms with van der Waals surface area (Å²) in [6.45, 7) is 16.6. The van der Waals surface area contributed by atoms with Gasteiger partial charge in [-0.25, -0.2) is 8.78 Å². The molecule has 2 aromatic heterocycles. The first kappa shape index (κ1) is 36.5. The molecule has 0 amide bonds. The maximum Gasteiger partial charge on any atom is 0.319 e. The molecule has 3 unspecified atom stereocenters. The van der Waals surface area contributed by atoms with E-state index in [9.17, 15) is 0 Å². The minimum atomic E-state index is -2.24. The Morgan fingerprint density at radius 2 is 1.71 bits per heavy atom. The Labute approximate surface area is 307 Å². The summed E-state index contributed by atoms with van der Waals surface area (Å²) >= 11 is 0. The van der Waals surface area contributed by atoms with Crippen molar-refractivity contribution >= 4 is 35.6 Å². The molecule has 2 bridgehead atoms. The smallest absolute Gasteiger partial charge is 0.319 e. The molecule has 3 fully saturated rings. The maximum absolute atomic E-state index is 17.4. The van der Waals surface area contributed by atoms with E-state index in [0.717, 1.165) is 26.1 Å². The molecule has 0 radical (unpaired) electrons. The second-order valence-corrected chi connectivity index (χ2v) is 21.5. The van der Waals surface area contributed by atoms with Crippen molar-refractivity contribution in [1.82, 2.24) is 20.3 Å². The zero-order valence-corrected chi connectivity index (χ0v) is 32.5. The van der Waals surface area contributed by atoms with Gasteiger partial charge in [0.05, 0.1) is 10.9 Å². The monoisotopic (exact) mass is 727 g/mol. The third-order valence-corrected chi connectivity index (χ3v) is 18.0. The Morgan fingerprint density at radius 3 is 2.37 bits per heavy atom. The van der Waals surface area contributed by atoms with Crippen molar-refractivity contribution in [3.8, 4) is 34.5 Å². The first-order chi connectivity index (χ1) is 25.0. The number of nitrogens with zero attached hydrogens (tertiary/aromatic N) is 4. The Hall–Kier alpha value is -3.85. The molecular formula is C41H51F2N5O3Si. The van der Waals surface area contributed by atoms with Gasteiger partial charge in [0.15, 0.2) is 12.6 Å². The molecule has 8 nitrogen and oxygen atoms in total. The van der Waals surface area contributed by atoms with E-state index in [0.29, 0.717) is 68.3 Å². The van der Waals surface area contributed by atoms with Gasteiger partial charge < -0.3 is 24.4 Å². The van der Waals surface area contributed by atoms with Crippen LogP contribution < -0.4 is 19.7 Å². The molecule has 1 saturated carbocycles. The number of hydrogen-bond acceptors (Lipinski definition) is 8. The molecule has 0 spiro atoms. The maximum atomic E-state index is 17.4. The normalized spacial score (nSPS) is 20.4. The van der Waals surface area contributed by atoms with Crippen LogP contribution in [0.3, 0.4) is 0 Å². The highest BCUT2D eigenvalue weighted by molar-refractivity contribution is 6.90. The molecule has 1 N–H and O–H groups in total. The first-order valence-corrected chi connectivity index (χ1v) is 21.1. The molecule has 4 heterocycles. The number of hydrogen-bond donors (Lipinski definition) is 1. The van der Waals surface area contributed by atoms with Crippen LogP contribution in [0.25, 0.3) is 32.9 Å². The van der Waals surface area contributed by atoms with Crippen molar-refractivity contribution in [2.45, 2.75) is 90.0 Å². The molecule has 7 rings (SSSR count). The zero-order chi connectivity index (χ0) is 36.7. The van der Waals surface area contributed by atoms with E-state index in [1.807, 2.05) is 6.07 Å². The topological polar surface area (TPSA) is 81.6 Å². The summed E-state index contributed by atoms with van der Waals surface area (Å²) in [5.74, 6) is 4.53. The van der Waals surface area contributed by atoms with Crippen molar-refractivity contribution in [2.75, 3.05) is 45.0 Å². The standard InChI is InChI=1S/C41H51F2N5O3Si/c1-24(2)52(25(3)4,26(5)6)15-13-32-35(42)11-10-29-17-31(50-23-49-7)18-33(36(29)32)38-37(43)39-34(20-45-38)40(48-21-27-8-9-28(16-27)22-48)47-41(46-39)51-30-12-14-44-19-30/h10-11,17-18,20,24-28,30,44H,8-9,12,14,16,19,21-23H2,1-7H3. The Morgan fingerprint density at radius 1 is 0.981 bits per heavy atom. The molecule has 3 aliphatic rings. The molecule has 1 aliphatic carbocycles. The van der Waals surface area contributed by atoms with Crippen LogP contribution in [0, 0.1) is 34.9 Å². The third-order valence-electron chi connectivity index (χ3n) is 11.7. The number of anilines is 1. The van der Waals surface area contributed by atoms with E-state index >= 15 is 8.78 Å². The van der Waals surface area contributed by atoms with E-state index in [2.05, 4.69) is 63.2 Å². The predicted octanol–water partition coefficient (Wildman–Crippen LogP) is 8.65. The lowest BCUT2D eigenvalue weighted by atomic mass is 9.95. The van der Waals surface area contributed by atoms with Crippen molar-refractivity contribution in [2.24, 2.45) is 11.8 Å². The number of nitrogens with one attached hydrogen (secondary N) is 1. The number of rotatable bonds is 10. The lowest BCUT2D eigenvalue weighted by Gasteiger charge is -2.38. The van der Waals surface area contributed by atoms with Crippen molar-refractivity contribution in [3.05, 3.63) is 47.7 Å². The van der Waals surface area contributed by atoms with Crippen molar-refractivity contribution in [3.63, 3.8) is 0 Å². The highest BCUT2D eigenvalue weighted by atomic mass is 28.3. The van der Waals surface area contributed by atoms with Crippen LogP contribution in [0.2, 0.25) is 16.6 Å². The number of aromatic nitrogens is 3. The second-order valence-electron chi connectivity index (χ2n) is 15.9. The molecule has 2 aromatic carbocycles. The molecule has 276 valence electrons. The van der Waals surface area contributed by atoms with E-state index in [-0.39, 0.29) is 35.7 Å². The lowest BCUT2D eigenvalue weighted by molar-refractivity contribution is 0.0512. The molecule has 2 aliphatic heterocycles. The predicted molar refractivity (Wildman–Crippen MR) is 206 cm³/mol. The van der Waals surface area contributed by atoms with Gasteiger partial charge in [-0.2, -0.15) is 9.97 Å². The van der Waals surface area contributed by atoms with Gasteiger partial charge in [0.1, 0.15) is 42.8 Å². The van der Waals surface area contributed by atoms with Crippen molar-refractivity contribution < 1.29 is 23.0 Å². The number of methoxy groups -OCH3 is 1. The minimum absolute atomic E-state index is 0.0111. The average molecular weight is 728 g/mol. The number of fused-ring (bicyclic) bond motifs is 4. The van der Waals surface area contributed by atoms with Crippen molar-refractivity contribution in [1.29, 1.82) is 0 Å². The molecular weight excluding hydrogens is 677 g/mol. The highest BCUT2D eigenvalue weighted by Crippen LogP contribution is 2.44. The van der Waals surface area contributed by atoms with Gasteiger partial charge in [-0.3, -0.25) is 4.98 Å². The van der Waals surface area contributed by atoms with E-state index in [1.165, 1.54) is 32.4 Å². The second kappa shape index (κ2) is 14.9. The average Bonchev–Trinajstić information content (AvgIpc) is 3.75.